The van der Waals surface area contributed by atoms with Crippen LogP contribution in [0, 0.1) is 11.7 Å². The van der Waals surface area contributed by atoms with E-state index in [-0.39, 0.29) is 10.6 Å². The van der Waals surface area contributed by atoms with Gasteiger partial charge in [0.2, 0.25) is 0 Å². The van der Waals surface area contributed by atoms with Crippen LogP contribution in [0.15, 0.2) is 12.1 Å². The first-order chi connectivity index (χ1) is 11.5. The topological polar surface area (TPSA) is 41.6 Å². The minimum atomic E-state index is -0.635. The highest BCUT2D eigenvalue weighted by molar-refractivity contribution is 7.95. The van der Waals surface area contributed by atoms with E-state index in [4.69, 9.17) is 16.3 Å². The normalized spacial score (nSPS) is 15.5. The van der Waals surface area contributed by atoms with E-state index in [9.17, 15) is 9.18 Å². The van der Waals surface area contributed by atoms with Crippen molar-refractivity contribution >= 4 is 29.6 Å². The molecule has 1 saturated carbocycles. The third-order valence-electron chi connectivity index (χ3n) is 4.10. The summed E-state index contributed by atoms with van der Waals surface area (Å²) in [6, 6.07) is 2.51. The molecule has 1 aromatic carbocycles. The zero-order chi connectivity index (χ0) is 17.5. The molecule has 24 heavy (non-hydrogen) atoms. The van der Waals surface area contributed by atoms with E-state index < -0.39 is 11.7 Å². The third-order valence-corrected chi connectivity index (χ3v) is 5.03. The van der Waals surface area contributed by atoms with Crippen LogP contribution in [-0.2, 0) is 0 Å². The Morgan fingerprint density at radius 1 is 1.38 bits per heavy atom. The van der Waals surface area contributed by atoms with Crippen molar-refractivity contribution in [3.8, 4) is 5.75 Å². The minimum absolute atomic E-state index is 0.0889. The van der Waals surface area contributed by atoms with Crippen LogP contribution in [0.4, 0.5) is 4.39 Å². The summed E-state index contributed by atoms with van der Waals surface area (Å²) in [5.74, 6) is -0.178. The molecule has 0 bridgehead atoms. The summed E-state index contributed by atoms with van der Waals surface area (Å²) >= 11 is 7.22. The number of carbonyl (C=O) groups excluding carboxylic acids is 1. The monoisotopic (exact) mass is 374 g/mol. The van der Waals surface area contributed by atoms with Crippen LogP contribution < -0.4 is 9.46 Å². The number of hydrogen-bond donors (Lipinski definition) is 1. The molecule has 1 N–H and O–H groups in total. The van der Waals surface area contributed by atoms with Crippen molar-refractivity contribution in [2.75, 3.05) is 20.7 Å². The van der Waals surface area contributed by atoms with Crippen LogP contribution in [0.3, 0.4) is 0 Å². The second-order valence-electron chi connectivity index (χ2n) is 6.24. The molecule has 0 radical (unpaired) electrons. The van der Waals surface area contributed by atoms with Crippen molar-refractivity contribution in [1.82, 2.24) is 9.03 Å². The fourth-order valence-electron chi connectivity index (χ4n) is 2.81. The molecule has 0 heterocycles. The first-order valence-electron chi connectivity index (χ1n) is 8.24. The van der Waals surface area contributed by atoms with Gasteiger partial charge in [-0.05, 0) is 32.5 Å². The number of rotatable bonds is 7. The van der Waals surface area contributed by atoms with Crippen LogP contribution >= 0.6 is 23.7 Å². The second kappa shape index (κ2) is 9.49. The number of benzene rings is 1. The lowest BCUT2D eigenvalue weighted by Crippen LogP contribution is -2.21. The SMILES string of the molecule is CN(C)SNC(=O)c1cc(Cl)c(OCCC2CCCCC2)cc1F. The summed E-state index contributed by atoms with van der Waals surface area (Å²) < 4.78 is 24.0. The Balaban J connectivity index is 1.92. The van der Waals surface area contributed by atoms with Gasteiger partial charge in [-0.2, -0.15) is 0 Å². The van der Waals surface area contributed by atoms with Crippen molar-refractivity contribution in [3.63, 3.8) is 0 Å². The lowest BCUT2D eigenvalue weighted by molar-refractivity contribution is 0.0979. The number of nitrogens with one attached hydrogen (secondary N) is 1. The van der Waals surface area contributed by atoms with Crippen LogP contribution in [0.1, 0.15) is 48.9 Å². The van der Waals surface area contributed by atoms with Crippen molar-refractivity contribution in [3.05, 3.63) is 28.5 Å². The Hall–Kier alpha value is -0.980. The molecule has 1 aliphatic carbocycles. The summed E-state index contributed by atoms with van der Waals surface area (Å²) in [5, 5.41) is 0.250. The maximum absolute atomic E-state index is 14.2. The molecule has 0 spiro atoms. The average molecular weight is 375 g/mol. The van der Waals surface area contributed by atoms with Crippen molar-refractivity contribution in [1.29, 1.82) is 0 Å². The van der Waals surface area contributed by atoms with Gasteiger partial charge in [0.1, 0.15) is 11.6 Å². The van der Waals surface area contributed by atoms with Crippen LogP contribution in [0.25, 0.3) is 0 Å². The second-order valence-corrected chi connectivity index (χ2v) is 7.76. The van der Waals surface area contributed by atoms with E-state index >= 15 is 0 Å². The first kappa shape index (κ1) is 19.3. The number of amides is 1. The molecular weight excluding hydrogens is 351 g/mol. The largest absolute Gasteiger partial charge is 0.492 e. The number of nitrogens with zero attached hydrogens (tertiary/aromatic N) is 1. The van der Waals surface area contributed by atoms with E-state index in [1.165, 1.54) is 44.2 Å². The predicted molar refractivity (Wildman–Crippen MR) is 96.8 cm³/mol. The van der Waals surface area contributed by atoms with Crippen molar-refractivity contribution < 1.29 is 13.9 Å². The van der Waals surface area contributed by atoms with Gasteiger partial charge >= 0.3 is 0 Å². The Morgan fingerprint density at radius 3 is 2.75 bits per heavy atom. The lowest BCUT2D eigenvalue weighted by Gasteiger charge is -2.21. The van der Waals surface area contributed by atoms with Crippen LogP contribution in [0.2, 0.25) is 5.02 Å². The molecular formula is C17H24ClFN2O2S. The fraction of sp³-hybridized carbons (Fsp3) is 0.588. The summed E-state index contributed by atoms with van der Waals surface area (Å²) in [6.07, 6.45) is 7.34. The van der Waals surface area contributed by atoms with E-state index in [1.807, 2.05) is 0 Å². The molecule has 0 aliphatic heterocycles. The highest BCUT2D eigenvalue weighted by atomic mass is 35.5. The average Bonchev–Trinajstić information content (AvgIpc) is 2.56. The van der Waals surface area contributed by atoms with Gasteiger partial charge in [0.15, 0.2) is 0 Å². The van der Waals surface area contributed by atoms with Crippen LogP contribution in [0.5, 0.6) is 5.75 Å². The van der Waals surface area contributed by atoms with E-state index in [0.29, 0.717) is 18.3 Å². The maximum Gasteiger partial charge on any atom is 0.265 e. The molecule has 1 aromatic rings. The first-order valence-corrected chi connectivity index (χ1v) is 9.39. The molecule has 2 rings (SSSR count). The number of ether oxygens (including phenoxy) is 1. The van der Waals surface area contributed by atoms with Gasteiger partial charge < -0.3 is 4.74 Å². The zero-order valence-corrected chi connectivity index (χ0v) is 15.7. The van der Waals surface area contributed by atoms with E-state index in [0.717, 1.165) is 18.6 Å². The molecule has 7 heteroatoms. The summed E-state index contributed by atoms with van der Waals surface area (Å²) in [4.78, 5) is 12.0. The van der Waals surface area contributed by atoms with E-state index in [1.54, 1.807) is 18.4 Å². The summed E-state index contributed by atoms with van der Waals surface area (Å²) in [5.41, 5.74) is -0.0889. The Bertz CT molecular complexity index is 566. The third kappa shape index (κ3) is 5.83. The Morgan fingerprint density at radius 2 is 2.08 bits per heavy atom. The van der Waals surface area contributed by atoms with E-state index in [2.05, 4.69) is 4.72 Å². The molecule has 1 amide bonds. The Kier molecular flexibility index (Phi) is 7.65. The molecule has 4 nitrogen and oxygen atoms in total. The fourth-order valence-corrected chi connectivity index (χ4v) is 3.41. The van der Waals surface area contributed by atoms with Crippen molar-refractivity contribution in [2.45, 2.75) is 38.5 Å². The number of hydrogen-bond acceptors (Lipinski definition) is 4. The van der Waals surface area contributed by atoms with Crippen molar-refractivity contribution in [2.24, 2.45) is 5.92 Å². The maximum atomic E-state index is 14.2. The van der Waals surface area contributed by atoms with Gasteiger partial charge in [-0.3, -0.25) is 9.52 Å². The summed E-state index contributed by atoms with van der Waals surface area (Å²) in [7, 11) is 3.55. The number of halogens is 2. The molecule has 0 aromatic heterocycles. The van der Waals surface area contributed by atoms with Crippen LogP contribution in [-0.4, -0.2) is 30.9 Å². The molecule has 1 aliphatic rings. The molecule has 0 atom stereocenters. The summed E-state index contributed by atoms with van der Waals surface area (Å²) in [6.45, 7) is 0.520. The molecule has 0 saturated heterocycles. The minimum Gasteiger partial charge on any atom is -0.492 e. The highest BCUT2D eigenvalue weighted by Gasteiger charge is 2.17. The standard InChI is InChI=1S/C17H24ClFN2O2S/c1-21(2)24-20-17(22)13-10-14(18)16(11-15(13)19)23-9-8-12-6-4-3-5-7-12/h10-12H,3-9H2,1-2H3,(H,20,22). The molecule has 0 unspecified atom stereocenters. The van der Waals surface area contributed by atoms with Gasteiger partial charge in [0.05, 0.1) is 17.2 Å². The zero-order valence-electron chi connectivity index (χ0n) is 14.1. The Labute approximate surface area is 152 Å². The lowest BCUT2D eigenvalue weighted by atomic mass is 9.87. The van der Waals surface area contributed by atoms with Gasteiger partial charge in [0, 0.05) is 18.2 Å². The smallest absolute Gasteiger partial charge is 0.265 e. The number of carbonyl (C=O) groups is 1. The van der Waals surface area contributed by atoms with Gasteiger partial charge in [-0.25, -0.2) is 8.70 Å². The quantitative estimate of drug-likeness (QED) is 0.703. The van der Waals surface area contributed by atoms with Gasteiger partial charge in [-0.1, -0.05) is 43.7 Å². The predicted octanol–water partition coefficient (Wildman–Crippen LogP) is 4.68. The highest BCUT2D eigenvalue weighted by Crippen LogP contribution is 2.30. The van der Waals surface area contributed by atoms with Gasteiger partial charge in [-0.15, -0.1) is 0 Å². The van der Waals surface area contributed by atoms with Gasteiger partial charge in [0.25, 0.3) is 5.91 Å². The molecule has 134 valence electrons. The molecule has 1 fully saturated rings.